The predicted molar refractivity (Wildman–Crippen MR) is 69.0 cm³/mol. The topological polar surface area (TPSA) is 64.9 Å². The van der Waals surface area contributed by atoms with E-state index in [2.05, 4.69) is 16.0 Å². The molecule has 0 unspecified atom stereocenters. The number of fused-ring (bicyclic) bond motifs is 1. The molecular weight excluding hydrogens is 283 g/mol. The molecule has 2 N–H and O–H groups in total. The average molecular weight is 292 g/mol. The lowest BCUT2D eigenvalue weighted by atomic mass is 10.1. The number of nitrogens with zero attached hydrogens (tertiary/aromatic N) is 2. The van der Waals surface area contributed by atoms with Crippen LogP contribution in [0.3, 0.4) is 0 Å². The lowest BCUT2D eigenvalue weighted by molar-refractivity contribution is -0.136. The van der Waals surface area contributed by atoms with Gasteiger partial charge in [-0.05, 0) is 18.2 Å². The number of hydrogen-bond donors (Lipinski definition) is 1. The summed E-state index contributed by atoms with van der Waals surface area (Å²) in [5, 5.41) is 0.316. The monoisotopic (exact) mass is 292 g/mol. The molecule has 7 heteroatoms. The first kappa shape index (κ1) is 13.6. The van der Waals surface area contributed by atoms with Crippen molar-refractivity contribution in [2.45, 2.75) is 12.7 Å². The predicted octanol–water partition coefficient (Wildman–Crippen LogP) is 3.17. The second kappa shape index (κ2) is 4.85. The van der Waals surface area contributed by atoms with E-state index in [4.69, 9.17) is 10.2 Å². The quantitative estimate of drug-likeness (QED) is 0.788. The normalized spacial score (nSPS) is 12.0. The summed E-state index contributed by atoms with van der Waals surface area (Å²) < 4.78 is 44.7. The minimum absolute atomic E-state index is 0.0259. The molecule has 1 radical (unpaired) electrons. The maximum atomic E-state index is 13.2. The summed E-state index contributed by atoms with van der Waals surface area (Å²) >= 11 is 0. The fraction of sp³-hybridized carbons (Fsp3) is 0.143. The van der Waals surface area contributed by atoms with Gasteiger partial charge in [0.25, 0.3) is 0 Å². The molecule has 3 rings (SSSR count). The van der Waals surface area contributed by atoms with Crippen molar-refractivity contribution in [3.05, 3.63) is 48.0 Å². The Balaban J connectivity index is 2.29. The largest absolute Gasteiger partial charge is 0.459 e. The summed E-state index contributed by atoms with van der Waals surface area (Å²) in [6.45, 7) is 0.0259. The molecule has 0 bridgehead atoms. The van der Waals surface area contributed by atoms with Crippen LogP contribution >= 0.6 is 0 Å². The lowest BCUT2D eigenvalue weighted by Gasteiger charge is -2.09. The second-order valence-corrected chi connectivity index (χ2v) is 4.36. The van der Waals surface area contributed by atoms with Crippen LogP contribution in [0.4, 0.5) is 13.2 Å². The molecule has 21 heavy (non-hydrogen) atoms. The molecule has 0 aliphatic carbocycles. The second-order valence-electron chi connectivity index (χ2n) is 4.36. The Hall–Kier alpha value is -2.41. The van der Waals surface area contributed by atoms with Crippen LogP contribution in [0.15, 0.2) is 35.0 Å². The molecule has 0 spiro atoms. The van der Waals surface area contributed by atoms with Gasteiger partial charge in [0.15, 0.2) is 5.82 Å². The Morgan fingerprint density at radius 1 is 1.14 bits per heavy atom. The third-order valence-corrected chi connectivity index (χ3v) is 2.95. The smallest absolute Gasteiger partial charge is 0.420 e. The summed E-state index contributed by atoms with van der Waals surface area (Å²) in [5.74, 6) is 0.478. The molecule has 2 aromatic heterocycles. The van der Waals surface area contributed by atoms with Crippen LogP contribution in [0.25, 0.3) is 22.4 Å². The van der Waals surface area contributed by atoms with Crippen LogP contribution in [0, 0.1) is 6.07 Å². The van der Waals surface area contributed by atoms with Crippen LogP contribution < -0.4 is 5.73 Å². The highest BCUT2D eigenvalue weighted by Crippen LogP contribution is 2.38. The van der Waals surface area contributed by atoms with E-state index in [1.807, 2.05) is 0 Å². The van der Waals surface area contributed by atoms with Gasteiger partial charge < -0.3 is 10.2 Å². The lowest BCUT2D eigenvalue weighted by Crippen LogP contribution is -2.06. The molecule has 0 amide bonds. The minimum atomic E-state index is -4.54. The number of hydrogen-bond acceptors (Lipinski definition) is 4. The Morgan fingerprint density at radius 3 is 2.48 bits per heavy atom. The minimum Gasteiger partial charge on any atom is -0.459 e. The zero-order valence-electron chi connectivity index (χ0n) is 10.6. The molecule has 0 aliphatic rings. The van der Waals surface area contributed by atoms with Crippen LogP contribution in [0.5, 0.6) is 0 Å². The number of benzene rings is 1. The Bertz CT molecular complexity index is 781. The number of aromatic nitrogens is 2. The van der Waals surface area contributed by atoms with Crippen molar-refractivity contribution in [3.8, 4) is 11.4 Å². The van der Waals surface area contributed by atoms with Gasteiger partial charge in [0.1, 0.15) is 11.3 Å². The van der Waals surface area contributed by atoms with Crippen molar-refractivity contribution in [3.63, 3.8) is 0 Å². The first-order valence-electron chi connectivity index (χ1n) is 6.01. The molecule has 4 nitrogen and oxygen atoms in total. The van der Waals surface area contributed by atoms with E-state index in [1.54, 1.807) is 6.07 Å². The van der Waals surface area contributed by atoms with E-state index < -0.39 is 11.7 Å². The Morgan fingerprint density at radius 2 is 1.86 bits per heavy atom. The zero-order valence-corrected chi connectivity index (χ0v) is 10.6. The van der Waals surface area contributed by atoms with Gasteiger partial charge in [-0.1, -0.05) is 0 Å². The van der Waals surface area contributed by atoms with Crippen LogP contribution in [-0.2, 0) is 12.7 Å². The maximum absolute atomic E-state index is 13.2. The number of alkyl halides is 3. The standard InChI is InChI=1S/C14H9F3N3O/c15-14(16,17)11-6-9(13-19-2-1-3-20-13)4-8-5-10(7-18)21-12(8)11/h2-6H,7,18H2. The van der Waals surface area contributed by atoms with Gasteiger partial charge in [0, 0.05) is 29.4 Å². The van der Waals surface area contributed by atoms with Gasteiger partial charge in [0.2, 0.25) is 0 Å². The van der Waals surface area contributed by atoms with E-state index in [1.165, 1.54) is 18.5 Å². The van der Waals surface area contributed by atoms with Gasteiger partial charge in [-0.15, -0.1) is 0 Å². The van der Waals surface area contributed by atoms with Crippen molar-refractivity contribution in [1.82, 2.24) is 9.97 Å². The van der Waals surface area contributed by atoms with Crippen molar-refractivity contribution in [1.29, 1.82) is 0 Å². The maximum Gasteiger partial charge on any atom is 0.420 e. The van der Waals surface area contributed by atoms with E-state index >= 15 is 0 Å². The molecule has 107 valence electrons. The van der Waals surface area contributed by atoms with Crippen molar-refractivity contribution >= 4 is 11.0 Å². The number of halogens is 3. The highest BCUT2D eigenvalue weighted by molar-refractivity contribution is 5.86. The Kier molecular flexibility index (Phi) is 3.13. The summed E-state index contributed by atoms with van der Waals surface area (Å²) in [5.41, 5.74) is 4.58. The first-order valence-corrected chi connectivity index (χ1v) is 6.01. The molecule has 0 aliphatic heterocycles. The van der Waals surface area contributed by atoms with Crippen LogP contribution in [-0.4, -0.2) is 9.97 Å². The first-order chi connectivity index (χ1) is 9.99. The Labute approximate surface area is 117 Å². The van der Waals surface area contributed by atoms with Crippen LogP contribution in [0.1, 0.15) is 11.3 Å². The molecule has 0 saturated carbocycles. The molecule has 2 heterocycles. The van der Waals surface area contributed by atoms with Gasteiger partial charge >= 0.3 is 6.18 Å². The van der Waals surface area contributed by atoms with Gasteiger partial charge in [-0.3, -0.25) is 0 Å². The van der Waals surface area contributed by atoms with E-state index in [0.29, 0.717) is 5.39 Å². The van der Waals surface area contributed by atoms with E-state index in [0.717, 1.165) is 6.07 Å². The summed E-state index contributed by atoms with van der Waals surface area (Å²) in [4.78, 5) is 7.83. The molecule has 0 saturated heterocycles. The van der Waals surface area contributed by atoms with Crippen LogP contribution in [0.2, 0.25) is 0 Å². The molecule has 0 atom stereocenters. The molecular formula is C14H9F3N3O. The molecule has 1 aromatic carbocycles. The number of rotatable bonds is 2. The van der Waals surface area contributed by atoms with E-state index in [-0.39, 0.29) is 29.3 Å². The van der Waals surface area contributed by atoms with Crippen molar-refractivity contribution < 1.29 is 17.6 Å². The zero-order chi connectivity index (χ0) is 15.0. The third-order valence-electron chi connectivity index (χ3n) is 2.95. The van der Waals surface area contributed by atoms with Crippen molar-refractivity contribution in [2.24, 2.45) is 5.73 Å². The number of furan rings is 1. The molecule has 0 fully saturated rings. The van der Waals surface area contributed by atoms with Gasteiger partial charge in [0.05, 0.1) is 12.1 Å². The van der Waals surface area contributed by atoms with Gasteiger partial charge in [-0.2, -0.15) is 13.2 Å². The third kappa shape index (κ3) is 2.47. The fourth-order valence-corrected chi connectivity index (χ4v) is 2.06. The molecule has 3 aromatic rings. The number of nitrogens with two attached hydrogens (primary N) is 1. The van der Waals surface area contributed by atoms with E-state index in [9.17, 15) is 13.2 Å². The summed E-state index contributed by atoms with van der Waals surface area (Å²) in [6.07, 6.45) is -1.85. The van der Waals surface area contributed by atoms with Crippen molar-refractivity contribution in [2.75, 3.05) is 0 Å². The average Bonchev–Trinajstić information content (AvgIpc) is 2.89. The van der Waals surface area contributed by atoms with Gasteiger partial charge in [-0.25, -0.2) is 9.97 Å². The summed E-state index contributed by atoms with van der Waals surface area (Å²) in [7, 11) is 0. The highest BCUT2D eigenvalue weighted by Gasteiger charge is 2.35. The fourth-order valence-electron chi connectivity index (χ4n) is 2.06. The SMILES string of the molecule is NCc1cc2cc(-c3nc[c]cn3)cc(C(F)(F)F)c2o1. The highest BCUT2D eigenvalue weighted by atomic mass is 19.4. The summed E-state index contributed by atoms with van der Waals surface area (Å²) in [6, 6.07) is 6.63.